The SMILES string of the molecule is N#CC1=CC(C#N)=NN(C#N)N1. The Bertz CT molecular complexity index is 370. The molecule has 1 heterocycles. The van der Waals surface area contributed by atoms with E-state index < -0.39 is 0 Å². The van der Waals surface area contributed by atoms with Gasteiger partial charge in [-0.1, -0.05) is 0 Å². The third-order valence-corrected chi connectivity index (χ3v) is 1.04. The molecule has 0 amide bonds. The van der Waals surface area contributed by atoms with Gasteiger partial charge in [-0.15, -0.1) is 10.2 Å². The standard InChI is InChI=1S/C6H2N6/c7-2-5-1-6(3-8)11-12(4-9)10-5/h1,10H. The van der Waals surface area contributed by atoms with Gasteiger partial charge in [0.05, 0.1) is 0 Å². The summed E-state index contributed by atoms with van der Waals surface area (Å²) in [7, 11) is 0. The average Bonchev–Trinajstić information content (AvgIpc) is 2.16. The number of hydrazine groups is 1. The van der Waals surface area contributed by atoms with E-state index in [0.29, 0.717) is 0 Å². The molecule has 1 N–H and O–H groups in total. The molecule has 0 aliphatic carbocycles. The van der Waals surface area contributed by atoms with E-state index in [0.717, 1.165) is 5.12 Å². The largest absolute Gasteiger partial charge is 0.258 e. The fraction of sp³-hybridized carbons (Fsp3) is 0. The molecule has 12 heavy (non-hydrogen) atoms. The van der Waals surface area contributed by atoms with Gasteiger partial charge in [-0.05, 0) is 0 Å². The second kappa shape index (κ2) is 3.05. The molecular weight excluding hydrogens is 156 g/mol. The van der Waals surface area contributed by atoms with Crippen molar-refractivity contribution in [3.8, 4) is 18.3 Å². The zero-order valence-corrected chi connectivity index (χ0v) is 5.81. The van der Waals surface area contributed by atoms with Crippen LogP contribution in [0.1, 0.15) is 0 Å². The third-order valence-electron chi connectivity index (χ3n) is 1.04. The Morgan fingerprint density at radius 2 is 2.08 bits per heavy atom. The maximum atomic E-state index is 8.44. The predicted octanol–water partition coefficient (Wildman–Crippen LogP) is -0.425. The van der Waals surface area contributed by atoms with Crippen LogP contribution >= 0.6 is 0 Å². The summed E-state index contributed by atoms with van der Waals surface area (Å²) >= 11 is 0. The number of nitrogens with one attached hydrogen (secondary N) is 1. The monoisotopic (exact) mass is 158 g/mol. The van der Waals surface area contributed by atoms with Crippen molar-refractivity contribution in [3.05, 3.63) is 11.8 Å². The number of rotatable bonds is 0. The number of hydrogen-bond donors (Lipinski definition) is 1. The average molecular weight is 158 g/mol. The van der Waals surface area contributed by atoms with E-state index in [1.54, 1.807) is 18.3 Å². The van der Waals surface area contributed by atoms with E-state index >= 15 is 0 Å². The van der Waals surface area contributed by atoms with Gasteiger partial charge in [0.2, 0.25) is 6.19 Å². The quantitative estimate of drug-likeness (QED) is 0.482. The molecule has 0 atom stereocenters. The van der Waals surface area contributed by atoms with Crippen molar-refractivity contribution in [2.75, 3.05) is 0 Å². The molecular formula is C6H2N6. The van der Waals surface area contributed by atoms with Crippen molar-refractivity contribution >= 4 is 5.71 Å². The molecule has 1 aliphatic rings. The van der Waals surface area contributed by atoms with E-state index in [1.165, 1.54) is 6.08 Å². The number of nitrogens with zero attached hydrogens (tertiary/aromatic N) is 5. The number of hydrazone groups is 1. The molecule has 0 unspecified atom stereocenters. The van der Waals surface area contributed by atoms with Crippen molar-refractivity contribution in [3.63, 3.8) is 0 Å². The van der Waals surface area contributed by atoms with E-state index in [1.807, 2.05) is 0 Å². The fourth-order valence-electron chi connectivity index (χ4n) is 0.604. The highest BCUT2D eigenvalue weighted by atomic mass is 15.7. The predicted molar refractivity (Wildman–Crippen MR) is 37.3 cm³/mol. The van der Waals surface area contributed by atoms with Crippen LogP contribution in [0.5, 0.6) is 0 Å². The zero-order chi connectivity index (χ0) is 8.97. The Balaban J connectivity index is 2.98. The van der Waals surface area contributed by atoms with Crippen LogP contribution in [-0.2, 0) is 0 Å². The van der Waals surface area contributed by atoms with Gasteiger partial charge < -0.3 is 0 Å². The topological polar surface area (TPSA) is 99.0 Å². The number of nitriles is 3. The Morgan fingerprint density at radius 1 is 1.33 bits per heavy atom. The van der Waals surface area contributed by atoms with E-state index in [-0.39, 0.29) is 11.4 Å². The molecule has 0 saturated heterocycles. The van der Waals surface area contributed by atoms with E-state index in [4.69, 9.17) is 15.8 Å². The smallest absolute Gasteiger partial charge is 0.223 e. The Morgan fingerprint density at radius 3 is 2.58 bits per heavy atom. The highest BCUT2D eigenvalue weighted by molar-refractivity contribution is 6.08. The lowest BCUT2D eigenvalue weighted by Crippen LogP contribution is -2.32. The third kappa shape index (κ3) is 1.31. The van der Waals surface area contributed by atoms with Crippen LogP contribution < -0.4 is 5.43 Å². The zero-order valence-electron chi connectivity index (χ0n) is 5.81. The molecule has 1 rings (SSSR count). The summed E-state index contributed by atoms with van der Waals surface area (Å²) in [5.74, 6) is 0. The first-order valence-corrected chi connectivity index (χ1v) is 2.87. The molecule has 6 heteroatoms. The first-order valence-electron chi connectivity index (χ1n) is 2.87. The summed E-state index contributed by atoms with van der Waals surface area (Å²) in [4.78, 5) is 0. The summed E-state index contributed by atoms with van der Waals surface area (Å²) in [6, 6.07) is 3.48. The summed E-state index contributed by atoms with van der Waals surface area (Å²) in [6.45, 7) is 0. The summed E-state index contributed by atoms with van der Waals surface area (Å²) in [5.41, 5.74) is 2.48. The van der Waals surface area contributed by atoms with Crippen molar-refractivity contribution in [2.45, 2.75) is 0 Å². The maximum absolute atomic E-state index is 8.44. The van der Waals surface area contributed by atoms with Crippen LogP contribution in [0.2, 0.25) is 0 Å². The molecule has 0 fully saturated rings. The molecule has 0 spiro atoms. The Hall–Kier alpha value is -2.52. The van der Waals surface area contributed by atoms with Gasteiger partial charge in [-0.2, -0.15) is 15.8 Å². The Kier molecular flexibility index (Phi) is 1.93. The molecule has 0 aromatic carbocycles. The maximum Gasteiger partial charge on any atom is 0.223 e. The normalized spacial score (nSPS) is 14.2. The molecule has 6 nitrogen and oxygen atoms in total. The van der Waals surface area contributed by atoms with Crippen LogP contribution in [0.25, 0.3) is 0 Å². The molecule has 0 radical (unpaired) electrons. The van der Waals surface area contributed by atoms with Gasteiger partial charge in [0.25, 0.3) is 0 Å². The lowest BCUT2D eigenvalue weighted by atomic mass is 10.3. The fourth-order valence-corrected chi connectivity index (χ4v) is 0.604. The highest BCUT2D eigenvalue weighted by Gasteiger charge is 2.10. The molecule has 56 valence electrons. The first-order chi connectivity index (χ1) is 5.80. The summed E-state index contributed by atoms with van der Waals surface area (Å²) in [5, 5.41) is 29.5. The van der Waals surface area contributed by atoms with Crippen LogP contribution in [0.15, 0.2) is 16.9 Å². The molecule has 0 saturated carbocycles. The van der Waals surface area contributed by atoms with Gasteiger partial charge in [0.15, 0.2) is 5.71 Å². The van der Waals surface area contributed by atoms with Gasteiger partial charge >= 0.3 is 0 Å². The molecule has 0 aromatic heterocycles. The van der Waals surface area contributed by atoms with E-state index in [2.05, 4.69) is 10.5 Å². The molecule has 1 aliphatic heterocycles. The summed E-state index contributed by atoms with van der Waals surface area (Å²) in [6.07, 6.45) is 2.88. The van der Waals surface area contributed by atoms with Crippen LogP contribution in [0.4, 0.5) is 0 Å². The lowest BCUT2D eigenvalue weighted by Gasteiger charge is -2.14. The van der Waals surface area contributed by atoms with Gasteiger partial charge in [-0.25, -0.2) is 0 Å². The number of hydrogen-bond acceptors (Lipinski definition) is 6. The van der Waals surface area contributed by atoms with Gasteiger partial charge in [-0.3, -0.25) is 5.43 Å². The van der Waals surface area contributed by atoms with Crippen molar-refractivity contribution in [1.29, 1.82) is 15.8 Å². The van der Waals surface area contributed by atoms with Crippen LogP contribution in [-0.4, -0.2) is 10.8 Å². The van der Waals surface area contributed by atoms with Gasteiger partial charge in [0, 0.05) is 6.08 Å². The van der Waals surface area contributed by atoms with Crippen molar-refractivity contribution in [2.24, 2.45) is 5.10 Å². The number of allylic oxidation sites excluding steroid dienone is 2. The van der Waals surface area contributed by atoms with Gasteiger partial charge in [0.1, 0.15) is 17.8 Å². The minimum Gasteiger partial charge on any atom is -0.258 e. The molecule has 0 aromatic rings. The van der Waals surface area contributed by atoms with Crippen LogP contribution in [0.3, 0.4) is 0 Å². The molecule has 0 bridgehead atoms. The van der Waals surface area contributed by atoms with Crippen molar-refractivity contribution < 1.29 is 0 Å². The summed E-state index contributed by atoms with van der Waals surface area (Å²) < 4.78 is 0. The Labute approximate surface area is 68.2 Å². The minimum absolute atomic E-state index is 0.0202. The lowest BCUT2D eigenvalue weighted by molar-refractivity contribution is 0.338. The first kappa shape index (κ1) is 7.59. The minimum atomic E-state index is 0.0202. The second-order valence-electron chi connectivity index (χ2n) is 1.79. The van der Waals surface area contributed by atoms with Crippen LogP contribution in [0, 0.1) is 34.1 Å². The van der Waals surface area contributed by atoms with Crippen molar-refractivity contribution in [1.82, 2.24) is 10.5 Å². The second-order valence-corrected chi connectivity index (χ2v) is 1.79. The van der Waals surface area contributed by atoms with E-state index in [9.17, 15) is 0 Å². The highest BCUT2D eigenvalue weighted by Crippen LogP contribution is 1.99.